The third-order valence-corrected chi connectivity index (χ3v) is 4.78. The minimum absolute atomic E-state index is 0.420. The van der Waals surface area contributed by atoms with Crippen molar-refractivity contribution >= 4 is 0 Å². The molecule has 3 rings (SSSR count). The first-order chi connectivity index (χ1) is 8.22. The molecule has 2 nitrogen and oxygen atoms in total. The molecule has 0 aromatic heterocycles. The van der Waals surface area contributed by atoms with Crippen LogP contribution in [0, 0.1) is 5.92 Å². The van der Waals surface area contributed by atoms with Crippen LogP contribution in [0.1, 0.15) is 31.2 Å². The first-order valence-corrected chi connectivity index (χ1v) is 6.70. The van der Waals surface area contributed by atoms with Gasteiger partial charge in [0.15, 0.2) is 0 Å². The van der Waals surface area contributed by atoms with Crippen molar-refractivity contribution in [2.24, 2.45) is 5.92 Å². The third kappa shape index (κ3) is 1.71. The van der Waals surface area contributed by atoms with Crippen molar-refractivity contribution in [3.8, 4) is 0 Å². The van der Waals surface area contributed by atoms with Gasteiger partial charge in [0.2, 0.25) is 0 Å². The van der Waals surface area contributed by atoms with Crippen LogP contribution in [-0.4, -0.2) is 29.6 Å². The number of nitrogens with zero attached hydrogens (tertiary/aromatic N) is 1. The molecule has 92 valence electrons. The van der Waals surface area contributed by atoms with E-state index < -0.39 is 5.60 Å². The fourth-order valence-electron chi connectivity index (χ4n) is 3.81. The van der Waals surface area contributed by atoms with Gasteiger partial charge in [-0.1, -0.05) is 36.8 Å². The van der Waals surface area contributed by atoms with Crippen molar-refractivity contribution in [3.05, 3.63) is 35.9 Å². The topological polar surface area (TPSA) is 23.5 Å². The van der Waals surface area contributed by atoms with Crippen molar-refractivity contribution in [3.63, 3.8) is 0 Å². The molecular formula is C15H21NO. The minimum Gasteiger partial charge on any atom is -0.385 e. The Morgan fingerprint density at radius 3 is 2.76 bits per heavy atom. The van der Waals surface area contributed by atoms with Crippen LogP contribution in [0.5, 0.6) is 0 Å². The highest BCUT2D eigenvalue weighted by Crippen LogP contribution is 2.47. The molecule has 0 bridgehead atoms. The Bertz CT molecular complexity index is 391. The number of fused-ring (bicyclic) bond motifs is 1. The molecule has 1 N–H and O–H groups in total. The quantitative estimate of drug-likeness (QED) is 0.802. The maximum atomic E-state index is 11.1. The van der Waals surface area contributed by atoms with Crippen LogP contribution in [0.4, 0.5) is 0 Å². The van der Waals surface area contributed by atoms with E-state index in [0.717, 1.165) is 18.5 Å². The highest BCUT2D eigenvalue weighted by Gasteiger charge is 2.49. The summed E-state index contributed by atoms with van der Waals surface area (Å²) in [5.74, 6) is 0.420. The van der Waals surface area contributed by atoms with Crippen LogP contribution in [0.15, 0.2) is 30.3 Å². The lowest BCUT2D eigenvalue weighted by molar-refractivity contribution is -0.0901. The molecule has 1 aromatic rings. The molecule has 1 saturated heterocycles. The van der Waals surface area contributed by atoms with Crippen LogP contribution in [0.3, 0.4) is 0 Å². The molecule has 1 aromatic carbocycles. The van der Waals surface area contributed by atoms with E-state index in [9.17, 15) is 5.11 Å². The summed E-state index contributed by atoms with van der Waals surface area (Å²) in [4.78, 5) is 2.44. The Morgan fingerprint density at radius 1 is 1.24 bits per heavy atom. The lowest BCUT2D eigenvalue weighted by Gasteiger charge is -2.46. The van der Waals surface area contributed by atoms with Gasteiger partial charge in [-0.15, -0.1) is 0 Å². The second kappa shape index (κ2) is 4.11. The number of aliphatic hydroxyl groups is 1. The molecule has 1 aliphatic carbocycles. The van der Waals surface area contributed by atoms with Crippen LogP contribution in [0.2, 0.25) is 0 Å². The highest BCUT2D eigenvalue weighted by molar-refractivity contribution is 5.25. The summed E-state index contributed by atoms with van der Waals surface area (Å²) >= 11 is 0. The Hall–Kier alpha value is -0.860. The smallest absolute Gasteiger partial charge is 0.0951 e. The molecule has 17 heavy (non-hydrogen) atoms. The number of benzene rings is 1. The lowest BCUT2D eigenvalue weighted by atomic mass is 9.73. The Labute approximate surface area is 103 Å². The molecule has 2 fully saturated rings. The van der Waals surface area contributed by atoms with E-state index in [-0.39, 0.29) is 0 Å². The summed E-state index contributed by atoms with van der Waals surface area (Å²) in [6.45, 7) is 1.01. The number of likely N-dealkylation sites (tertiary alicyclic amines) is 1. The largest absolute Gasteiger partial charge is 0.385 e. The first-order valence-electron chi connectivity index (χ1n) is 6.70. The summed E-state index contributed by atoms with van der Waals surface area (Å²) in [6, 6.07) is 10.8. The fourth-order valence-corrected chi connectivity index (χ4v) is 3.81. The minimum atomic E-state index is -0.588. The van der Waals surface area contributed by atoms with Crippen molar-refractivity contribution in [1.82, 2.24) is 4.90 Å². The molecule has 0 unspecified atom stereocenters. The van der Waals surface area contributed by atoms with E-state index >= 15 is 0 Å². The van der Waals surface area contributed by atoms with Gasteiger partial charge < -0.3 is 10.0 Å². The molecule has 1 aliphatic heterocycles. The second-order valence-electron chi connectivity index (χ2n) is 5.63. The Morgan fingerprint density at radius 2 is 2.00 bits per heavy atom. The standard InChI is InChI=1S/C15H21NO/c1-16-11-10-15(17,12-6-3-2-4-7-12)13-8-5-9-14(13)16/h2-4,6-7,13-14,17H,5,8-11H2,1H3/t13-,14-,15+/m1/s1. The van der Waals surface area contributed by atoms with Crippen molar-refractivity contribution in [1.29, 1.82) is 0 Å². The number of piperidine rings is 1. The van der Waals surface area contributed by atoms with Gasteiger partial charge in [0.05, 0.1) is 5.60 Å². The highest BCUT2D eigenvalue weighted by atomic mass is 16.3. The molecule has 0 amide bonds. The van der Waals surface area contributed by atoms with E-state index in [1.54, 1.807) is 0 Å². The zero-order chi connectivity index (χ0) is 11.9. The molecule has 0 spiro atoms. The Kier molecular flexibility index (Phi) is 2.72. The SMILES string of the molecule is CN1CC[C@](O)(c2ccccc2)[C@@H]2CCC[C@H]21. The Balaban J connectivity index is 1.97. The van der Waals surface area contributed by atoms with E-state index in [1.165, 1.54) is 19.3 Å². The normalized spacial score (nSPS) is 38.0. The molecule has 2 heteroatoms. The summed E-state index contributed by atoms with van der Waals surface area (Å²) < 4.78 is 0. The maximum Gasteiger partial charge on any atom is 0.0951 e. The lowest BCUT2D eigenvalue weighted by Crippen LogP contribution is -2.52. The first kappa shape index (κ1) is 11.2. The average molecular weight is 231 g/mol. The van der Waals surface area contributed by atoms with Crippen LogP contribution < -0.4 is 0 Å². The van der Waals surface area contributed by atoms with Gasteiger partial charge in [0.25, 0.3) is 0 Å². The molecule has 0 radical (unpaired) electrons. The van der Waals surface area contributed by atoms with Crippen LogP contribution in [0.25, 0.3) is 0 Å². The third-order valence-electron chi connectivity index (χ3n) is 4.78. The average Bonchev–Trinajstić information content (AvgIpc) is 2.86. The van der Waals surface area contributed by atoms with E-state index in [2.05, 4.69) is 24.1 Å². The van der Waals surface area contributed by atoms with Gasteiger partial charge in [0, 0.05) is 18.5 Å². The molecular weight excluding hydrogens is 210 g/mol. The van der Waals surface area contributed by atoms with Gasteiger partial charge in [-0.05, 0) is 31.9 Å². The monoisotopic (exact) mass is 231 g/mol. The maximum absolute atomic E-state index is 11.1. The van der Waals surface area contributed by atoms with Crippen molar-refractivity contribution in [2.45, 2.75) is 37.3 Å². The van der Waals surface area contributed by atoms with Gasteiger partial charge in [-0.3, -0.25) is 0 Å². The van der Waals surface area contributed by atoms with Crippen LogP contribution in [-0.2, 0) is 5.60 Å². The molecule has 3 atom stereocenters. The summed E-state index contributed by atoms with van der Waals surface area (Å²) in [7, 11) is 2.20. The van der Waals surface area contributed by atoms with Crippen LogP contribution >= 0.6 is 0 Å². The zero-order valence-electron chi connectivity index (χ0n) is 10.5. The fraction of sp³-hybridized carbons (Fsp3) is 0.600. The molecule has 2 aliphatic rings. The van der Waals surface area contributed by atoms with Gasteiger partial charge in [-0.25, -0.2) is 0 Å². The van der Waals surface area contributed by atoms with Crippen molar-refractivity contribution in [2.75, 3.05) is 13.6 Å². The number of hydrogen-bond donors (Lipinski definition) is 1. The molecule has 1 saturated carbocycles. The van der Waals surface area contributed by atoms with Gasteiger partial charge >= 0.3 is 0 Å². The van der Waals surface area contributed by atoms with Crippen molar-refractivity contribution < 1.29 is 5.11 Å². The van der Waals surface area contributed by atoms with E-state index in [1.807, 2.05) is 18.2 Å². The summed E-state index contributed by atoms with van der Waals surface area (Å²) in [5, 5.41) is 11.1. The zero-order valence-corrected chi connectivity index (χ0v) is 10.5. The summed E-state index contributed by atoms with van der Waals surface area (Å²) in [5.41, 5.74) is 0.527. The van der Waals surface area contributed by atoms with Gasteiger partial charge in [-0.2, -0.15) is 0 Å². The second-order valence-corrected chi connectivity index (χ2v) is 5.63. The number of rotatable bonds is 1. The predicted octanol–water partition coefficient (Wildman–Crippen LogP) is 2.38. The van der Waals surface area contributed by atoms with E-state index in [0.29, 0.717) is 12.0 Å². The predicted molar refractivity (Wildman–Crippen MR) is 68.7 cm³/mol. The van der Waals surface area contributed by atoms with E-state index in [4.69, 9.17) is 0 Å². The number of hydrogen-bond acceptors (Lipinski definition) is 2. The van der Waals surface area contributed by atoms with Gasteiger partial charge in [0.1, 0.15) is 0 Å². The molecule has 1 heterocycles. The summed E-state index contributed by atoms with van der Waals surface area (Å²) in [6.07, 6.45) is 4.54.